The smallest absolute Gasteiger partial charge is 0.276 e. The maximum atomic E-state index is 12.0. The van der Waals surface area contributed by atoms with E-state index < -0.39 is 5.91 Å². The maximum Gasteiger partial charge on any atom is 0.276 e. The Balaban J connectivity index is 1.46. The molecule has 0 saturated carbocycles. The molecule has 0 aliphatic carbocycles. The second-order valence-corrected chi connectivity index (χ2v) is 8.29. The van der Waals surface area contributed by atoms with Crippen molar-refractivity contribution in [1.29, 1.82) is 0 Å². The third-order valence-electron chi connectivity index (χ3n) is 4.41. The van der Waals surface area contributed by atoms with E-state index in [-0.39, 0.29) is 0 Å². The van der Waals surface area contributed by atoms with Crippen LogP contribution < -0.4 is 16.1 Å². The van der Waals surface area contributed by atoms with Crippen molar-refractivity contribution in [1.82, 2.24) is 20.4 Å². The lowest BCUT2D eigenvalue weighted by atomic mass is 10.2. The Hall–Kier alpha value is -2.98. The van der Waals surface area contributed by atoms with Crippen molar-refractivity contribution in [3.63, 3.8) is 0 Å². The molecule has 3 aromatic heterocycles. The summed E-state index contributed by atoms with van der Waals surface area (Å²) in [5, 5.41) is 7.48. The van der Waals surface area contributed by atoms with Gasteiger partial charge in [-0.3, -0.25) is 9.63 Å². The number of carbonyl (C=O) groups excluding carboxylic acids is 1. The van der Waals surface area contributed by atoms with E-state index in [4.69, 9.17) is 23.2 Å². The van der Waals surface area contributed by atoms with Crippen LogP contribution in [0.25, 0.3) is 10.3 Å². The summed E-state index contributed by atoms with van der Waals surface area (Å²) in [6.45, 7) is 0.461. The van der Waals surface area contributed by atoms with Gasteiger partial charge >= 0.3 is 0 Å². The number of benzene rings is 1. The lowest BCUT2D eigenvalue weighted by Gasteiger charge is -2.09. The molecule has 164 valence electrons. The Morgan fingerprint density at radius 2 is 2.03 bits per heavy atom. The van der Waals surface area contributed by atoms with E-state index in [0.717, 1.165) is 27.3 Å². The molecule has 0 spiro atoms. The number of nitrogens with one attached hydrogen (secondary N) is 3. The van der Waals surface area contributed by atoms with Crippen molar-refractivity contribution < 1.29 is 9.63 Å². The van der Waals surface area contributed by atoms with Gasteiger partial charge in [-0.2, -0.15) is 0 Å². The summed E-state index contributed by atoms with van der Waals surface area (Å²) in [6.07, 6.45) is 1.70. The molecule has 0 fully saturated rings. The molecule has 1 amide bonds. The number of hydrogen-bond acceptors (Lipinski definition) is 8. The zero-order valence-electron chi connectivity index (χ0n) is 16.9. The minimum atomic E-state index is -0.420. The predicted molar refractivity (Wildman–Crippen MR) is 128 cm³/mol. The van der Waals surface area contributed by atoms with Gasteiger partial charge in [-0.15, -0.1) is 11.6 Å². The maximum absolute atomic E-state index is 12.0. The first-order valence-corrected chi connectivity index (χ1v) is 11.2. The zero-order valence-corrected chi connectivity index (χ0v) is 19.2. The lowest BCUT2D eigenvalue weighted by molar-refractivity contribution is 0.0538. The summed E-state index contributed by atoms with van der Waals surface area (Å²) < 4.78 is 0. The van der Waals surface area contributed by atoms with Crippen molar-refractivity contribution in [2.75, 3.05) is 17.7 Å². The SMILES string of the molecule is CONC(=O)c1cc(NCc2ccc3nc(Nc4cc(CCl)ccn4)sc3n2)ccc1Cl. The number of amides is 1. The molecule has 8 nitrogen and oxygen atoms in total. The number of pyridine rings is 2. The summed E-state index contributed by atoms with van der Waals surface area (Å²) in [5.41, 5.74) is 5.90. The van der Waals surface area contributed by atoms with Crippen molar-refractivity contribution in [3.8, 4) is 0 Å². The van der Waals surface area contributed by atoms with Gasteiger partial charge in [-0.25, -0.2) is 20.4 Å². The number of carbonyl (C=O) groups is 1. The first-order chi connectivity index (χ1) is 15.6. The summed E-state index contributed by atoms with van der Waals surface area (Å²) in [5.74, 6) is 0.679. The average Bonchev–Trinajstić information content (AvgIpc) is 3.20. The normalized spacial score (nSPS) is 10.8. The number of rotatable bonds is 8. The van der Waals surface area contributed by atoms with Crippen molar-refractivity contribution in [2.45, 2.75) is 12.4 Å². The number of nitrogens with zero attached hydrogens (tertiary/aromatic N) is 3. The van der Waals surface area contributed by atoms with Gasteiger partial charge in [0.05, 0.1) is 29.9 Å². The Morgan fingerprint density at radius 3 is 2.84 bits per heavy atom. The van der Waals surface area contributed by atoms with Crippen LogP contribution in [0.2, 0.25) is 5.02 Å². The first-order valence-electron chi connectivity index (χ1n) is 9.47. The molecule has 0 unspecified atom stereocenters. The van der Waals surface area contributed by atoms with E-state index in [9.17, 15) is 4.79 Å². The van der Waals surface area contributed by atoms with Crippen LogP contribution in [0.3, 0.4) is 0 Å². The predicted octanol–water partition coefficient (Wildman–Crippen LogP) is 5.13. The fourth-order valence-corrected chi connectivity index (χ4v) is 4.13. The molecule has 0 bridgehead atoms. The van der Waals surface area contributed by atoms with Gasteiger partial charge in [0.2, 0.25) is 0 Å². The fourth-order valence-electron chi connectivity index (χ4n) is 2.89. The van der Waals surface area contributed by atoms with Gasteiger partial charge in [-0.1, -0.05) is 22.9 Å². The molecule has 0 aliphatic rings. The average molecular weight is 489 g/mol. The van der Waals surface area contributed by atoms with E-state index in [1.807, 2.05) is 24.3 Å². The van der Waals surface area contributed by atoms with Gasteiger partial charge in [0, 0.05) is 17.8 Å². The topological polar surface area (TPSA) is 101 Å². The van der Waals surface area contributed by atoms with Crippen LogP contribution in [0.5, 0.6) is 0 Å². The number of alkyl halides is 1. The molecule has 1 aromatic carbocycles. The van der Waals surface area contributed by atoms with Crippen LogP contribution in [0.15, 0.2) is 48.7 Å². The van der Waals surface area contributed by atoms with E-state index in [2.05, 4.69) is 35.9 Å². The van der Waals surface area contributed by atoms with Crippen molar-refractivity contribution in [2.24, 2.45) is 0 Å². The number of halogens is 2. The van der Waals surface area contributed by atoms with Gasteiger partial charge < -0.3 is 10.6 Å². The molecule has 3 N–H and O–H groups in total. The van der Waals surface area contributed by atoms with Gasteiger partial charge in [-0.05, 0) is 48.0 Å². The highest BCUT2D eigenvalue weighted by molar-refractivity contribution is 7.21. The molecule has 0 atom stereocenters. The number of hydroxylamine groups is 1. The lowest BCUT2D eigenvalue weighted by Crippen LogP contribution is -2.22. The van der Waals surface area contributed by atoms with Crippen molar-refractivity contribution >= 4 is 67.4 Å². The Bertz CT molecular complexity index is 1270. The van der Waals surface area contributed by atoms with E-state index >= 15 is 0 Å². The number of thiazole rings is 1. The molecule has 3 heterocycles. The number of anilines is 3. The van der Waals surface area contributed by atoms with Crippen LogP contribution in [0.1, 0.15) is 21.6 Å². The number of aromatic nitrogens is 3. The summed E-state index contributed by atoms with van der Waals surface area (Å²) in [4.78, 5) is 31.0. The molecular formula is C21H18Cl2N6O2S. The summed E-state index contributed by atoms with van der Waals surface area (Å²) >= 11 is 13.4. The molecule has 0 aliphatic heterocycles. The summed E-state index contributed by atoms with van der Waals surface area (Å²) in [7, 11) is 1.36. The van der Waals surface area contributed by atoms with Gasteiger partial charge in [0.25, 0.3) is 5.91 Å². The molecular weight excluding hydrogens is 471 g/mol. The summed E-state index contributed by atoms with van der Waals surface area (Å²) in [6, 6.07) is 12.7. The first kappa shape index (κ1) is 22.2. The van der Waals surface area contributed by atoms with Gasteiger partial charge in [0.1, 0.15) is 16.2 Å². The molecule has 0 saturated heterocycles. The van der Waals surface area contributed by atoms with E-state index in [1.165, 1.54) is 18.4 Å². The minimum absolute atomic E-state index is 0.312. The highest BCUT2D eigenvalue weighted by Crippen LogP contribution is 2.27. The number of hydrogen-bond donors (Lipinski definition) is 3. The molecule has 11 heteroatoms. The number of fused-ring (bicyclic) bond motifs is 1. The van der Waals surface area contributed by atoms with Crippen LogP contribution in [-0.2, 0) is 17.3 Å². The second kappa shape index (κ2) is 10.1. The van der Waals surface area contributed by atoms with Gasteiger partial charge in [0.15, 0.2) is 5.13 Å². The molecule has 4 aromatic rings. The van der Waals surface area contributed by atoms with Crippen LogP contribution in [0.4, 0.5) is 16.6 Å². The Labute approximate surface area is 197 Å². The van der Waals surface area contributed by atoms with E-state index in [0.29, 0.717) is 34.0 Å². The monoisotopic (exact) mass is 488 g/mol. The second-order valence-electron chi connectivity index (χ2n) is 6.64. The molecule has 0 radical (unpaired) electrons. The Morgan fingerprint density at radius 1 is 1.16 bits per heavy atom. The van der Waals surface area contributed by atoms with Crippen LogP contribution in [-0.4, -0.2) is 28.0 Å². The van der Waals surface area contributed by atoms with Crippen LogP contribution >= 0.6 is 34.5 Å². The molecule has 4 rings (SSSR count). The minimum Gasteiger partial charge on any atom is -0.379 e. The highest BCUT2D eigenvalue weighted by atomic mass is 35.5. The third-order valence-corrected chi connectivity index (χ3v) is 5.92. The third kappa shape index (κ3) is 5.25. The molecule has 32 heavy (non-hydrogen) atoms. The highest BCUT2D eigenvalue weighted by Gasteiger charge is 2.12. The zero-order chi connectivity index (χ0) is 22.5. The quantitative estimate of drug-likeness (QED) is 0.233. The standard InChI is InChI=1S/C21H18Cl2N6O2S/c1-31-29-19(30)15-9-13(2-4-16(15)23)25-11-14-3-5-17-20(26-14)32-21(27-17)28-18-8-12(10-22)6-7-24-18/h2-9,25H,10-11H2,1H3,(H,29,30)(H,24,27,28). The fraction of sp³-hybridized carbons (Fsp3) is 0.143. The van der Waals surface area contributed by atoms with E-state index in [1.54, 1.807) is 24.4 Å². The van der Waals surface area contributed by atoms with Crippen molar-refractivity contribution in [3.05, 3.63) is 70.5 Å². The Kier molecular flexibility index (Phi) is 7.01. The largest absolute Gasteiger partial charge is 0.379 e. The van der Waals surface area contributed by atoms with Crippen LogP contribution in [0, 0.1) is 0 Å².